The van der Waals surface area contributed by atoms with Crippen molar-refractivity contribution in [2.45, 2.75) is 52.9 Å². The summed E-state index contributed by atoms with van der Waals surface area (Å²) in [5.74, 6) is 0.735. The minimum atomic E-state index is 0.304. The Morgan fingerprint density at radius 3 is 2.76 bits per heavy atom. The molecule has 1 nitrogen and oxygen atoms in total. The lowest BCUT2D eigenvalue weighted by molar-refractivity contribution is 0.219. The normalized spacial score (nSPS) is 25.1. The van der Waals surface area contributed by atoms with Gasteiger partial charge in [0.1, 0.15) is 0 Å². The molecule has 0 aromatic rings. The van der Waals surface area contributed by atoms with E-state index >= 15 is 0 Å². The van der Waals surface area contributed by atoms with Crippen LogP contribution in [0.15, 0.2) is 18.2 Å². The van der Waals surface area contributed by atoms with Gasteiger partial charge in [-0.15, -0.1) is 0 Å². The van der Waals surface area contributed by atoms with E-state index in [-0.39, 0.29) is 0 Å². The van der Waals surface area contributed by atoms with Gasteiger partial charge in [0.25, 0.3) is 0 Å². The van der Waals surface area contributed by atoms with Gasteiger partial charge < -0.3 is 5.32 Å². The SMILES string of the molecule is CCCCNCC1(C(C)CCC)C=CC=[C]C1. The van der Waals surface area contributed by atoms with E-state index in [9.17, 15) is 0 Å². The lowest BCUT2D eigenvalue weighted by Crippen LogP contribution is -2.39. The Morgan fingerprint density at radius 1 is 1.35 bits per heavy atom. The molecule has 1 aliphatic carbocycles. The average molecular weight is 234 g/mol. The lowest BCUT2D eigenvalue weighted by Gasteiger charge is -2.37. The molecule has 0 aliphatic heterocycles. The number of rotatable bonds is 8. The van der Waals surface area contributed by atoms with E-state index < -0.39 is 0 Å². The second kappa shape index (κ2) is 7.71. The van der Waals surface area contributed by atoms with Crippen molar-refractivity contribution in [3.05, 3.63) is 24.3 Å². The monoisotopic (exact) mass is 234 g/mol. The average Bonchev–Trinajstić information content (AvgIpc) is 2.36. The van der Waals surface area contributed by atoms with Gasteiger partial charge in [-0.1, -0.05) is 58.3 Å². The van der Waals surface area contributed by atoms with Crippen LogP contribution >= 0.6 is 0 Å². The molecule has 1 aliphatic rings. The Kier molecular flexibility index (Phi) is 6.57. The second-order valence-electron chi connectivity index (χ2n) is 5.36. The Bertz CT molecular complexity index is 254. The molecule has 1 rings (SSSR count). The first-order chi connectivity index (χ1) is 8.25. The molecule has 0 fully saturated rings. The second-order valence-corrected chi connectivity index (χ2v) is 5.36. The minimum Gasteiger partial charge on any atom is -0.316 e. The van der Waals surface area contributed by atoms with Crippen LogP contribution in [0.2, 0.25) is 0 Å². The summed E-state index contributed by atoms with van der Waals surface area (Å²) in [6.07, 6.45) is 16.2. The van der Waals surface area contributed by atoms with Crippen molar-refractivity contribution in [1.29, 1.82) is 0 Å². The fourth-order valence-corrected chi connectivity index (χ4v) is 2.59. The third-order valence-corrected chi connectivity index (χ3v) is 3.94. The predicted molar refractivity (Wildman–Crippen MR) is 75.9 cm³/mol. The van der Waals surface area contributed by atoms with Gasteiger partial charge in [0.15, 0.2) is 0 Å². The summed E-state index contributed by atoms with van der Waals surface area (Å²) in [6, 6.07) is 0. The Hall–Kier alpha value is -0.560. The van der Waals surface area contributed by atoms with Gasteiger partial charge >= 0.3 is 0 Å². The van der Waals surface area contributed by atoms with Gasteiger partial charge in [-0.05, 0) is 31.4 Å². The van der Waals surface area contributed by atoms with Crippen molar-refractivity contribution < 1.29 is 0 Å². The molecule has 0 heterocycles. The summed E-state index contributed by atoms with van der Waals surface area (Å²) in [5, 5.41) is 3.63. The summed E-state index contributed by atoms with van der Waals surface area (Å²) in [5.41, 5.74) is 0.304. The fourth-order valence-electron chi connectivity index (χ4n) is 2.59. The highest BCUT2D eigenvalue weighted by molar-refractivity contribution is 5.15. The molecular weight excluding hydrogens is 206 g/mol. The standard InChI is InChI=1S/C16H28N/c1-4-6-13-17-14-16(15(3)10-5-2)11-8-7-9-12-16/h7-8,11,15,17H,4-6,10,12-14H2,1-3H3. The Balaban J connectivity index is 2.53. The number of unbranched alkanes of at least 4 members (excludes halogenated alkanes) is 1. The molecule has 0 spiro atoms. The summed E-state index contributed by atoms with van der Waals surface area (Å²) < 4.78 is 0. The van der Waals surface area contributed by atoms with Crippen LogP contribution in [0.3, 0.4) is 0 Å². The molecule has 97 valence electrons. The number of hydrogen-bond donors (Lipinski definition) is 1. The zero-order valence-electron chi connectivity index (χ0n) is 11.8. The molecular formula is C16H28N. The highest BCUT2D eigenvalue weighted by Gasteiger charge is 2.32. The molecule has 2 atom stereocenters. The third kappa shape index (κ3) is 4.31. The molecule has 1 N–H and O–H groups in total. The zero-order chi connectivity index (χ0) is 12.6. The molecule has 0 saturated carbocycles. The molecule has 1 heteroatoms. The maximum atomic E-state index is 3.63. The first-order valence-corrected chi connectivity index (χ1v) is 7.20. The lowest BCUT2D eigenvalue weighted by atomic mass is 9.70. The summed E-state index contributed by atoms with van der Waals surface area (Å²) in [6.45, 7) is 9.16. The van der Waals surface area contributed by atoms with Crippen LogP contribution in [0, 0.1) is 17.4 Å². The highest BCUT2D eigenvalue weighted by atomic mass is 14.9. The first-order valence-electron chi connectivity index (χ1n) is 7.20. The van der Waals surface area contributed by atoms with Crippen molar-refractivity contribution in [1.82, 2.24) is 5.32 Å². The zero-order valence-corrected chi connectivity index (χ0v) is 11.8. The largest absolute Gasteiger partial charge is 0.316 e. The number of allylic oxidation sites excluding steroid dienone is 3. The molecule has 0 bridgehead atoms. The van der Waals surface area contributed by atoms with Crippen LogP contribution in [0.5, 0.6) is 0 Å². The van der Waals surface area contributed by atoms with Gasteiger partial charge in [-0.25, -0.2) is 0 Å². The molecule has 0 aromatic carbocycles. The van der Waals surface area contributed by atoms with Crippen LogP contribution in [0.1, 0.15) is 52.9 Å². The van der Waals surface area contributed by atoms with Crippen LogP contribution < -0.4 is 5.32 Å². The number of nitrogens with one attached hydrogen (secondary N) is 1. The quantitative estimate of drug-likeness (QED) is 0.623. The highest BCUT2D eigenvalue weighted by Crippen LogP contribution is 2.37. The maximum absolute atomic E-state index is 3.63. The van der Waals surface area contributed by atoms with E-state index in [0.717, 1.165) is 25.4 Å². The van der Waals surface area contributed by atoms with Crippen molar-refractivity contribution in [3.8, 4) is 0 Å². The van der Waals surface area contributed by atoms with Crippen molar-refractivity contribution in [2.75, 3.05) is 13.1 Å². The van der Waals surface area contributed by atoms with E-state index in [1.165, 1.54) is 25.7 Å². The minimum absolute atomic E-state index is 0.304. The van der Waals surface area contributed by atoms with Gasteiger partial charge in [-0.2, -0.15) is 0 Å². The first kappa shape index (κ1) is 14.5. The van der Waals surface area contributed by atoms with Gasteiger partial charge in [0.2, 0.25) is 0 Å². The Morgan fingerprint density at radius 2 is 2.18 bits per heavy atom. The van der Waals surface area contributed by atoms with Crippen LogP contribution in [0.25, 0.3) is 0 Å². The molecule has 17 heavy (non-hydrogen) atoms. The van der Waals surface area contributed by atoms with E-state index in [0.29, 0.717) is 5.41 Å². The van der Waals surface area contributed by atoms with E-state index in [1.807, 2.05) is 0 Å². The van der Waals surface area contributed by atoms with Crippen molar-refractivity contribution >= 4 is 0 Å². The van der Waals surface area contributed by atoms with Gasteiger partial charge in [-0.3, -0.25) is 0 Å². The van der Waals surface area contributed by atoms with Crippen molar-refractivity contribution in [3.63, 3.8) is 0 Å². The Labute approximate surface area is 107 Å². The van der Waals surface area contributed by atoms with Crippen LogP contribution in [-0.4, -0.2) is 13.1 Å². The van der Waals surface area contributed by atoms with Crippen molar-refractivity contribution in [2.24, 2.45) is 11.3 Å². The predicted octanol–water partition coefficient (Wildman–Crippen LogP) is 4.12. The van der Waals surface area contributed by atoms with Crippen LogP contribution in [-0.2, 0) is 0 Å². The van der Waals surface area contributed by atoms with E-state index in [4.69, 9.17) is 0 Å². The number of hydrogen-bond acceptors (Lipinski definition) is 1. The summed E-state index contributed by atoms with van der Waals surface area (Å²) >= 11 is 0. The van der Waals surface area contributed by atoms with Gasteiger partial charge in [0, 0.05) is 12.0 Å². The maximum Gasteiger partial charge on any atom is 0.00756 e. The molecule has 2 unspecified atom stereocenters. The molecule has 1 radical (unpaired) electrons. The topological polar surface area (TPSA) is 12.0 Å². The molecule has 0 saturated heterocycles. The fraction of sp³-hybridized carbons (Fsp3) is 0.750. The summed E-state index contributed by atoms with van der Waals surface area (Å²) in [4.78, 5) is 0. The smallest absolute Gasteiger partial charge is 0.00756 e. The van der Waals surface area contributed by atoms with Gasteiger partial charge in [0.05, 0.1) is 0 Å². The third-order valence-electron chi connectivity index (χ3n) is 3.94. The van der Waals surface area contributed by atoms with E-state index in [2.05, 4.69) is 50.4 Å². The molecule has 0 aromatic heterocycles. The van der Waals surface area contributed by atoms with Crippen LogP contribution in [0.4, 0.5) is 0 Å². The van der Waals surface area contributed by atoms with E-state index in [1.54, 1.807) is 0 Å². The summed E-state index contributed by atoms with van der Waals surface area (Å²) in [7, 11) is 0. The molecule has 0 amide bonds.